The Kier molecular flexibility index (Phi) is 3.79. The van der Waals surface area contributed by atoms with Gasteiger partial charge in [0.25, 0.3) is 0 Å². The zero-order valence-corrected chi connectivity index (χ0v) is 11.9. The van der Waals surface area contributed by atoms with Gasteiger partial charge in [-0.05, 0) is 30.9 Å². The van der Waals surface area contributed by atoms with Crippen molar-refractivity contribution in [3.63, 3.8) is 0 Å². The molecule has 0 saturated heterocycles. The Morgan fingerprint density at radius 1 is 1.26 bits per heavy atom. The van der Waals surface area contributed by atoms with E-state index in [1.54, 1.807) is 6.20 Å². The van der Waals surface area contributed by atoms with Gasteiger partial charge in [0, 0.05) is 17.5 Å². The molecule has 2 heterocycles. The second-order valence-electron chi connectivity index (χ2n) is 4.95. The molecule has 100 valence electrons. The van der Waals surface area contributed by atoms with Gasteiger partial charge in [-0.2, -0.15) is 0 Å². The van der Waals surface area contributed by atoms with Crippen molar-refractivity contribution in [2.45, 2.75) is 40.0 Å². The van der Waals surface area contributed by atoms with Crippen molar-refractivity contribution in [3.8, 4) is 11.5 Å². The summed E-state index contributed by atoms with van der Waals surface area (Å²) >= 11 is 0. The molecular weight excluding hydrogens is 236 g/mol. The van der Waals surface area contributed by atoms with Crippen molar-refractivity contribution in [3.05, 3.63) is 35.2 Å². The van der Waals surface area contributed by atoms with Crippen LogP contribution in [-0.4, -0.2) is 15.0 Å². The summed E-state index contributed by atoms with van der Waals surface area (Å²) in [6.45, 7) is 8.27. The molecule has 0 atom stereocenters. The first-order valence-electron chi connectivity index (χ1n) is 6.62. The fourth-order valence-corrected chi connectivity index (χ4v) is 2.35. The highest BCUT2D eigenvalue weighted by Gasteiger charge is 2.15. The van der Waals surface area contributed by atoms with Gasteiger partial charge in [0.05, 0.1) is 0 Å². The summed E-state index contributed by atoms with van der Waals surface area (Å²) in [5, 5.41) is 0. The third-order valence-corrected chi connectivity index (χ3v) is 3.23. The predicted octanol–water partition coefficient (Wildman–Crippen LogP) is 3.12. The predicted molar refractivity (Wildman–Crippen MR) is 77.9 cm³/mol. The lowest BCUT2D eigenvalue weighted by Gasteiger charge is -2.13. The largest absolute Gasteiger partial charge is 0.383 e. The summed E-state index contributed by atoms with van der Waals surface area (Å²) in [6, 6.07) is 3.98. The Bertz CT molecular complexity index is 567. The van der Waals surface area contributed by atoms with Gasteiger partial charge in [-0.3, -0.25) is 4.98 Å². The Labute approximate surface area is 114 Å². The van der Waals surface area contributed by atoms with Gasteiger partial charge in [-0.1, -0.05) is 26.8 Å². The lowest BCUT2D eigenvalue weighted by atomic mass is 10.0. The number of aromatic nitrogens is 3. The SMILES string of the molecule is CCc1cccnc1-c1nc(C)c(C(C)C)c(N)n1. The number of pyridine rings is 1. The minimum Gasteiger partial charge on any atom is -0.383 e. The van der Waals surface area contributed by atoms with Crippen LogP contribution in [0.2, 0.25) is 0 Å². The normalized spacial score (nSPS) is 11.0. The zero-order valence-electron chi connectivity index (χ0n) is 11.9. The molecule has 0 radical (unpaired) electrons. The highest BCUT2D eigenvalue weighted by Crippen LogP contribution is 2.26. The molecule has 0 aliphatic rings. The summed E-state index contributed by atoms with van der Waals surface area (Å²) in [5.41, 5.74) is 10.0. The molecule has 2 aromatic rings. The van der Waals surface area contributed by atoms with Crippen LogP contribution >= 0.6 is 0 Å². The van der Waals surface area contributed by atoms with E-state index in [1.807, 2.05) is 19.1 Å². The second kappa shape index (κ2) is 5.34. The first kappa shape index (κ1) is 13.5. The second-order valence-corrected chi connectivity index (χ2v) is 4.95. The van der Waals surface area contributed by atoms with E-state index in [9.17, 15) is 0 Å². The summed E-state index contributed by atoms with van der Waals surface area (Å²) in [7, 11) is 0. The Balaban J connectivity index is 2.59. The number of hydrogen-bond acceptors (Lipinski definition) is 4. The summed E-state index contributed by atoms with van der Waals surface area (Å²) < 4.78 is 0. The van der Waals surface area contributed by atoms with Crippen LogP contribution in [0.5, 0.6) is 0 Å². The number of anilines is 1. The molecule has 0 fully saturated rings. The van der Waals surface area contributed by atoms with Gasteiger partial charge in [0.15, 0.2) is 5.82 Å². The highest BCUT2D eigenvalue weighted by atomic mass is 15.0. The van der Waals surface area contributed by atoms with Crippen molar-refractivity contribution in [2.75, 3.05) is 5.73 Å². The fourth-order valence-electron chi connectivity index (χ4n) is 2.35. The van der Waals surface area contributed by atoms with Crippen molar-refractivity contribution < 1.29 is 0 Å². The molecule has 4 nitrogen and oxygen atoms in total. The van der Waals surface area contributed by atoms with Crippen LogP contribution in [0.1, 0.15) is 43.5 Å². The van der Waals surface area contributed by atoms with Crippen molar-refractivity contribution in [2.24, 2.45) is 0 Å². The van der Waals surface area contributed by atoms with Gasteiger partial charge in [-0.25, -0.2) is 9.97 Å². The van der Waals surface area contributed by atoms with Crippen molar-refractivity contribution in [1.29, 1.82) is 0 Å². The topological polar surface area (TPSA) is 64.7 Å². The molecule has 0 spiro atoms. The maximum Gasteiger partial charge on any atom is 0.180 e. The van der Waals surface area contributed by atoms with Crippen LogP contribution in [0.15, 0.2) is 18.3 Å². The van der Waals surface area contributed by atoms with Crippen LogP contribution in [0.25, 0.3) is 11.5 Å². The van der Waals surface area contributed by atoms with E-state index < -0.39 is 0 Å². The summed E-state index contributed by atoms with van der Waals surface area (Å²) in [4.78, 5) is 13.4. The zero-order chi connectivity index (χ0) is 14.0. The minimum absolute atomic E-state index is 0.323. The van der Waals surface area contributed by atoms with Crippen LogP contribution in [0.4, 0.5) is 5.82 Å². The number of rotatable bonds is 3. The van der Waals surface area contributed by atoms with Gasteiger partial charge >= 0.3 is 0 Å². The molecule has 2 rings (SSSR count). The molecule has 2 aromatic heterocycles. The molecular formula is C15H20N4. The van der Waals surface area contributed by atoms with Crippen LogP contribution in [0.3, 0.4) is 0 Å². The number of nitrogens with zero attached hydrogens (tertiary/aromatic N) is 3. The average molecular weight is 256 g/mol. The number of nitrogens with two attached hydrogens (primary N) is 1. The summed E-state index contributed by atoms with van der Waals surface area (Å²) in [6.07, 6.45) is 2.66. The van der Waals surface area contributed by atoms with Crippen molar-refractivity contribution in [1.82, 2.24) is 15.0 Å². The Morgan fingerprint density at radius 3 is 2.58 bits per heavy atom. The number of aryl methyl sites for hydroxylation is 2. The quantitative estimate of drug-likeness (QED) is 0.916. The highest BCUT2D eigenvalue weighted by molar-refractivity contribution is 5.59. The van der Waals surface area contributed by atoms with Crippen LogP contribution in [0, 0.1) is 6.92 Å². The van der Waals surface area contributed by atoms with Crippen LogP contribution < -0.4 is 5.73 Å². The molecule has 0 amide bonds. The van der Waals surface area contributed by atoms with Crippen LogP contribution in [-0.2, 0) is 6.42 Å². The fraction of sp³-hybridized carbons (Fsp3) is 0.400. The molecule has 0 aliphatic carbocycles. The van der Waals surface area contributed by atoms with Gasteiger partial charge < -0.3 is 5.73 Å². The molecule has 0 saturated carbocycles. The van der Waals surface area contributed by atoms with E-state index in [4.69, 9.17) is 5.73 Å². The first-order valence-corrected chi connectivity index (χ1v) is 6.62. The van der Waals surface area contributed by atoms with Gasteiger partial charge in [0.1, 0.15) is 11.5 Å². The lowest BCUT2D eigenvalue weighted by Crippen LogP contribution is -2.08. The molecule has 2 N–H and O–H groups in total. The molecule has 0 aliphatic heterocycles. The maximum absolute atomic E-state index is 6.07. The van der Waals surface area contributed by atoms with Crippen molar-refractivity contribution >= 4 is 5.82 Å². The molecule has 0 aromatic carbocycles. The monoisotopic (exact) mass is 256 g/mol. The maximum atomic E-state index is 6.07. The smallest absolute Gasteiger partial charge is 0.180 e. The van der Waals surface area contributed by atoms with E-state index in [2.05, 4.69) is 35.7 Å². The summed E-state index contributed by atoms with van der Waals surface area (Å²) in [5.74, 6) is 1.51. The molecule has 0 unspecified atom stereocenters. The number of hydrogen-bond donors (Lipinski definition) is 1. The van der Waals surface area contributed by atoms with E-state index >= 15 is 0 Å². The third kappa shape index (κ3) is 2.57. The third-order valence-electron chi connectivity index (χ3n) is 3.23. The van der Waals surface area contributed by atoms with Gasteiger partial charge in [0.2, 0.25) is 0 Å². The Hall–Kier alpha value is -1.97. The Morgan fingerprint density at radius 2 is 2.00 bits per heavy atom. The molecule has 0 bridgehead atoms. The van der Waals surface area contributed by atoms with Gasteiger partial charge in [-0.15, -0.1) is 0 Å². The van der Waals surface area contributed by atoms with E-state index in [0.717, 1.165) is 28.9 Å². The molecule has 19 heavy (non-hydrogen) atoms. The van der Waals surface area contributed by atoms with E-state index in [-0.39, 0.29) is 0 Å². The van der Waals surface area contributed by atoms with E-state index in [0.29, 0.717) is 17.6 Å². The van der Waals surface area contributed by atoms with E-state index in [1.165, 1.54) is 0 Å². The average Bonchev–Trinajstić information content (AvgIpc) is 2.37. The first-order chi connectivity index (χ1) is 9.04. The molecule has 4 heteroatoms. The number of nitrogen functional groups attached to an aromatic ring is 1. The standard InChI is InChI=1S/C15H20N4/c1-5-11-7-6-8-17-13(11)15-18-10(4)12(9(2)3)14(16)19-15/h6-9H,5H2,1-4H3,(H2,16,18,19). The lowest BCUT2D eigenvalue weighted by molar-refractivity contribution is 0.835. The minimum atomic E-state index is 0.323.